The highest BCUT2D eigenvalue weighted by atomic mass is 32.2. The summed E-state index contributed by atoms with van der Waals surface area (Å²) in [5.41, 5.74) is 1.31. The first-order valence-corrected chi connectivity index (χ1v) is 7.18. The molecule has 0 aliphatic heterocycles. The third-order valence-electron chi connectivity index (χ3n) is 2.82. The largest absolute Gasteiger partial charge is 0.321 e. The van der Waals surface area contributed by atoms with Crippen LogP contribution in [0.5, 0.6) is 0 Å². The van der Waals surface area contributed by atoms with Gasteiger partial charge in [0.05, 0.1) is 0 Å². The van der Waals surface area contributed by atoms with Crippen LogP contribution in [0.4, 0.5) is 0 Å². The van der Waals surface area contributed by atoms with Crippen LogP contribution in [0.1, 0.15) is 11.4 Å². The van der Waals surface area contributed by atoms with Crippen LogP contribution in [0.25, 0.3) is 0 Å². The molecule has 18 heavy (non-hydrogen) atoms. The Labute approximate surface area is 112 Å². The lowest BCUT2D eigenvalue weighted by Gasteiger charge is -2.05. The summed E-state index contributed by atoms with van der Waals surface area (Å²) in [5.74, 6) is 1.01. The third-order valence-corrected chi connectivity index (χ3v) is 3.56. The number of hydrogen-bond acceptors (Lipinski definition) is 4. The molecule has 1 aromatic heterocycles. The van der Waals surface area contributed by atoms with E-state index in [2.05, 4.69) is 46.0 Å². The Morgan fingerprint density at radius 2 is 2.06 bits per heavy atom. The van der Waals surface area contributed by atoms with Crippen LogP contribution >= 0.6 is 11.8 Å². The monoisotopic (exact) mass is 262 g/mol. The molecule has 0 saturated carbocycles. The van der Waals surface area contributed by atoms with Crippen molar-refractivity contribution in [1.82, 2.24) is 20.1 Å². The quantitative estimate of drug-likeness (QED) is 0.637. The van der Waals surface area contributed by atoms with Crippen LogP contribution in [-0.2, 0) is 20.0 Å². The smallest absolute Gasteiger partial charge is 0.133 e. The van der Waals surface area contributed by atoms with Crippen molar-refractivity contribution in [1.29, 1.82) is 0 Å². The maximum Gasteiger partial charge on any atom is 0.133 e. The molecule has 0 radical (unpaired) electrons. The Balaban J connectivity index is 1.73. The van der Waals surface area contributed by atoms with Gasteiger partial charge in [0.15, 0.2) is 0 Å². The van der Waals surface area contributed by atoms with Crippen molar-refractivity contribution >= 4 is 11.8 Å². The molecule has 2 rings (SSSR count). The number of benzene rings is 1. The van der Waals surface area contributed by atoms with Gasteiger partial charge in [-0.1, -0.05) is 12.1 Å². The minimum absolute atomic E-state index is 0.895. The van der Waals surface area contributed by atoms with E-state index in [0.717, 1.165) is 25.3 Å². The van der Waals surface area contributed by atoms with Gasteiger partial charge in [0.1, 0.15) is 12.2 Å². The summed E-state index contributed by atoms with van der Waals surface area (Å²) in [6, 6.07) is 8.65. The number of aryl methyl sites for hydroxylation is 1. The topological polar surface area (TPSA) is 42.7 Å². The van der Waals surface area contributed by atoms with E-state index in [1.54, 1.807) is 18.1 Å². The first-order chi connectivity index (χ1) is 8.79. The SMILES string of the molecule is CSc1ccc(CNCCc2nncn2C)cc1. The fourth-order valence-electron chi connectivity index (χ4n) is 1.71. The Bertz CT molecular complexity index is 478. The first kappa shape index (κ1) is 13.1. The van der Waals surface area contributed by atoms with Crippen molar-refractivity contribution in [3.05, 3.63) is 42.0 Å². The molecule has 1 heterocycles. The summed E-state index contributed by atoms with van der Waals surface area (Å²) in [7, 11) is 1.97. The number of hydrogen-bond donors (Lipinski definition) is 1. The molecule has 0 unspecified atom stereocenters. The average molecular weight is 262 g/mol. The van der Waals surface area contributed by atoms with Gasteiger partial charge in [0, 0.05) is 31.5 Å². The molecule has 0 saturated heterocycles. The molecule has 1 aromatic carbocycles. The number of nitrogens with zero attached hydrogens (tertiary/aromatic N) is 3. The van der Waals surface area contributed by atoms with Crippen LogP contribution in [0.2, 0.25) is 0 Å². The lowest BCUT2D eigenvalue weighted by molar-refractivity contribution is 0.653. The van der Waals surface area contributed by atoms with Crippen LogP contribution < -0.4 is 5.32 Å². The van der Waals surface area contributed by atoms with Crippen LogP contribution in [0.15, 0.2) is 35.5 Å². The predicted octanol–water partition coefficient (Wildman–Crippen LogP) is 1.87. The van der Waals surface area contributed by atoms with Crippen LogP contribution in [0, 0.1) is 0 Å². The highest BCUT2D eigenvalue weighted by molar-refractivity contribution is 7.98. The second-order valence-corrected chi connectivity index (χ2v) is 5.01. The Hall–Kier alpha value is -1.33. The van der Waals surface area contributed by atoms with E-state index in [4.69, 9.17) is 0 Å². The van der Waals surface area contributed by atoms with Gasteiger partial charge in [0.2, 0.25) is 0 Å². The second-order valence-electron chi connectivity index (χ2n) is 4.13. The number of aromatic nitrogens is 3. The number of nitrogens with one attached hydrogen (secondary N) is 1. The van der Waals surface area contributed by atoms with Gasteiger partial charge in [-0.15, -0.1) is 22.0 Å². The Morgan fingerprint density at radius 3 is 2.67 bits per heavy atom. The fourth-order valence-corrected chi connectivity index (χ4v) is 2.12. The van der Waals surface area contributed by atoms with Crippen molar-refractivity contribution < 1.29 is 0 Å². The maximum atomic E-state index is 4.05. The van der Waals surface area contributed by atoms with E-state index in [-0.39, 0.29) is 0 Å². The average Bonchev–Trinajstić information content (AvgIpc) is 2.81. The summed E-state index contributed by atoms with van der Waals surface area (Å²) in [4.78, 5) is 1.30. The molecule has 4 nitrogen and oxygen atoms in total. The van der Waals surface area contributed by atoms with E-state index in [1.165, 1.54) is 10.5 Å². The molecule has 0 atom stereocenters. The zero-order valence-electron chi connectivity index (χ0n) is 10.8. The van der Waals surface area contributed by atoms with Crippen LogP contribution in [-0.4, -0.2) is 27.6 Å². The molecule has 2 aromatic rings. The zero-order valence-corrected chi connectivity index (χ0v) is 11.6. The normalized spacial score (nSPS) is 10.8. The van der Waals surface area contributed by atoms with E-state index >= 15 is 0 Å². The molecule has 0 spiro atoms. The number of rotatable bonds is 6. The van der Waals surface area contributed by atoms with Crippen molar-refractivity contribution in [2.45, 2.75) is 17.9 Å². The zero-order chi connectivity index (χ0) is 12.8. The predicted molar refractivity (Wildman–Crippen MR) is 74.6 cm³/mol. The van der Waals surface area contributed by atoms with E-state index in [1.807, 2.05) is 11.6 Å². The summed E-state index contributed by atoms with van der Waals surface area (Å²) < 4.78 is 1.95. The van der Waals surface area contributed by atoms with E-state index in [0.29, 0.717) is 0 Å². The molecule has 5 heteroatoms. The molecular weight excluding hydrogens is 244 g/mol. The van der Waals surface area contributed by atoms with Gasteiger partial charge in [-0.3, -0.25) is 0 Å². The molecule has 0 aliphatic rings. The molecule has 0 fully saturated rings. The lowest BCUT2D eigenvalue weighted by Crippen LogP contribution is -2.18. The Kier molecular flexibility index (Phi) is 4.78. The second kappa shape index (κ2) is 6.56. The van der Waals surface area contributed by atoms with Gasteiger partial charge in [-0.25, -0.2) is 0 Å². The number of thioether (sulfide) groups is 1. The summed E-state index contributed by atoms with van der Waals surface area (Å²) >= 11 is 1.77. The van der Waals surface area contributed by atoms with Gasteiger partial charge < -0.3 is 9.88 Å². The lowest BCUT2D eigenvalue weighted by atomic mass is 10.2. The summed E-state index contributed by atoms with van der Waals surface area (Å²) in [6.07, 6.45) is 4.73. The van der Waals surface area contributed by atoms with Crippen molar-refractivity contribution in [3.8, 4) is 0 Å². The molecular formula is C13H18N4S. The molecule has 0 amide bonds. The van der Waals surface area contributed by atoms with Gasteiger partial charge in [0.25, 0.3) is 0 Å². The van der Waals surface area contributed by atoms with Crippen molar-refractivity contribution in [3.63, 3.8) is 0 Å². The third kappa shape index (κ3) is 3.58. The standard InChI is InChI=1S/C13H18N4S/c1-17-10-15-16-13(17)7-8-14-9-11-3-5-12(18-2)6-4-11/h3-6,10,14H,7-9H2,1-2H3. The van der Waals surface area contributed by atoms with Gasteiger partial charge in [-0.2, -0.15) is 0 Å². The minimum Gasteiger partial charge on any atom is -0.321 e. The van der Waals surface area contributed by atoms with Crippen molar-refractivity contribution in [2.75, 3.05) is 12.8 Å². The highest BCUT2D eigenvalue weighted by Crippen LogP contribution is 2.14. The summed E-state index contributed by atoms with van der Waals surface area (Å²) in [6.45, 7) is 1.81. The summed E-state index contributed by atoms with van der Waals surface area (Å²) in [5, 5.41) is 11.3. The maximum absolute atomic E-state index is 4.05. The highest BCUT2D eigenvalue weighted by Gasteiger charge is 1.99. The van der Waals surface area contributed by atoms with E-state index in [9.17, 15) is 0 Å². The Morgan fingerprint density at radius 1 is 1.28 bits per heavy atom. The first-order valence-electron chi connectivity index (χ1n) is 5.96. The van der Waals surface area contributed by atoms with Crippen LogP contribution in [0.3, 0.4) is 0 Å². The van der Waals surface area contributed by atoms with Gasteiger partial charge in [-0.05, 0) is 24.0 Å². The van der Waals surface area contributed by atoms with Gasteiger partial charge >= 0.3 is 0 Å². The minimum atomic E-state index is 0.895. The van der Waals surface area contributed by atoms with E-state index < -0.39 is 0 Å². The van der Waals surface area contributed by atoms with Crippen molar-refractivity contribution in [2.24, 2.45) is 7.05 Å². The molecule has 0 bridgehead atoms. The fraction of sp³-hybridized carbons (Fsp3) is 0.385. The molecule has 0 aliphatic carbocycles. The molecule has 96 valence electrons. The molecule has 1 N–H and O–H groups in total.